The summed E-state index contributed by atoms with van der Waals surface area (Å²) in [6.07, 6.45) is 5.45. The number of benzene rings is 1. The lowest BCUT2D eigenvalue weighted by Crippen LogP contribution is -2.36. The highest BCUT2D eigenvalue weighted by atomic mass is 32.1. The van der Waals surface area contributed by atoms with Crippen LogP contribution in [0.15, 0.2) is 24.3 Å². The zero-order valence-electron chi connectivity index (χ0n) is 21.3. The maximum Gasteiger partial charge on any atom is 0.219 e. The predicted molar refractivity (Wildman–Crippen MR) is 142 cm³/mol. The number of aryl methyl sites for hydroxylation is 1. The van der Waals surface area contributed by atoms with Gasteiger partial charge in [0, 0.05) is 35.7 Å². The molecule has 190 valence electrons. The minimum absolute atomic E-state index is 0.192. The first-order valence-corrected chi connectivity index (χ1v) is 14.2. The Morgan fingerprint density at radius 1 is 1.14 bits per heavy atom. The SMILES string of the molecule is CCc1sc2c(c1CCN1CCC(c3nnc4n3CCOc3ccccc3-4)CC1)CCN(C(C)=O)C2. The van der Waals surface area contributed by atoms with E-state index in [1.807, 2.05) is 34.4 Å². The zero-order chi connectivity index (χ0) is 24.6. The largest absolute Gasteiger partial charge is 0.491 e. The van der Waals surface area contributed by atoms with E-state index in [-0.39, 0.29) is 5.91 Å². The normalized spacial score (nSPS) is 18.2. The van der Waals surface area contributed by atoms with E-state index >= 15 is 0 Å². The summed E-state index contributed by atoms with van der Waals surface area (Å²) in [5, 5.41) is 9.27. The molecule has 6 rings (SSSR count). The van der Waals surface area contributed by atoms with Crippen LogP contribution >= 0.6 is 11.3 Å². The molecule has 8 heteroatoms. The highest BCUT2D eigenvalue weighted by Gasteiger charge is 2.29. The van der Waals surface area contributed by atoms with Gasteiger partial charge < -0.3 is 19.1 Å². The Bertz CT molecular complexity index is 1260. The van der Waals surface area contributed by atoms with Crippen LogP contribution in [0.5, 0.6) is 5.75 Å². The molecule has 0 bridgehead atoms. The number of piperidine rings is 1. The van der Waals surface area contributed by atoms with Crippen molar-refractivity contribution >= 4 is 17.2 Å². The Morgan fingerprint density at radius 2 is 1.97 bits per heavy atom. The number of hydrogen-bond acceptors (Lipinski definition) is 6. The molecule has 0 aliphatic carbocycles. The Kier molecular flexibility index (Phi) is 6.56. The van der Waals surface area contributed by atoms with Crippen LogP contribution in [0.3, 0.4) is 0 Å². The van der Waals surface area contributed by atoms with Crippen molar-refractivity contribution < 1.29 is 9.53 Å². The number of hydrogen-bond donors (Lipinski definition) is 0. The van der Waals surface area contributed by atoms with Gasteiger partial charge in [-0.15, -0.1) is 21.5 Å². The topological polar surface area (TPSA) is 63.5 Å². The van der Waals surface area contributed by atoms with Gasteiger partial charge in [-0.3, -0.25) is 4.79 Å². The van der Waals surface area contributed by atoms with Crippen molar-refractivity contribution in [2.45, 2.75) is 65.0 Å². The fourth-order valence-electron chi connectivity index (χ4n) is 6.12. The molecular weight excluding hydrogens is 470 g/mol. The second-order valence-corrected chi connectivity index (χ2v) is 11.4. The Balaban J connectivity index is 1.10. The van der Waals surface area contributed by atoms with E-state index in [0.717, 1.165) is 94.3 Å². The van der Waals surface area contributed by atoms with Crippen LogP contribution in [0.4, 0.5) is 0 Å². The molecule has 36 heavy (non-hydrogen) atoms. The van der Waals surface area contributed by atoms with E-state index in [1.165, 1.54) is 15.3 Å². The molecular formula is C28H35N5O2S. The van der Waals surface area contributed by atoms with Gasteiger partial charge in [-0.1, -0.05) is 19.1 Å². The van der Waals surface area contributed by atoms with E-state index in [1.54, 1.807) is 12.5 Å². The number of ether oxygens (including phenoxy) is 1. The van der Waals surface area contributed by atoms with Crippen LogP contribution in [-0.4, -0.2) is 63.3 Å². The summed E-state index contributed by atoms with van der Waals surface area (Å²) in [4.78, 5) is 19.4. The quantitative estimate of drug-likeness (QED) is 0.518. The minimum Gasteiger partial charge on any atom is -0.491 e. The van der Waals surface area contributed by atoms with Crippen molar-refractivity contribution in [3.63, 3.8) is 0 Å². The van der Waals surface area contributed by atoms with Crippen LogP contribution in [-0.2, 0) is 37.1 Å². The number of aromatic nitrogens is 3. The molecule has 0 unspecified atom stereocenters. The molecule has 1 saturated heterocycles. The van der Waals surface area contributed by atoms with Crippen molar-refractivity contribution in [2.75, 3.05) is 32.8 Å². The van der Waals surface area contributed by atoms with Gasteiger partial charge in [0.2, 0.25) is 5.91 Å². The predicted octanol–water partition coefficient (Wildman–Crippen LogP) is 4.29. The van der Waals surface area contributed by atoms with Crippen molar-refractivity contribution in [2.24, 2.45) is 0 Å². The van der Waals surface area contributed by atoms with Gasteiger partial charge >= 0.3 is 0 Å². The molecule has 0 spiro atoms. The Labute approximate surface area is 217 Å². The number of fused-ring (bicyclic) bond motifs is 4. The summed E-state index contributed by atoms with van der Waals surface area (Å²) in [6, 6.07) is 8.15. The first kappa shape index (κ1) is 23.7. The molecule has 3 aliphatic rings. The van der Waals surface area contributed by atoms with E-state index in [9.17, 15) is 4.79 Å². The summed E-state index contributed by atoms with van der Waals surface area (Å²) in [5.41, 5.74) is 4.16. The fourth-order valence-corrected chi connectivity index (χ4v) is 7.48. The van der Waals surface area contributed by atoms with Crippen molar-refractivity contribution in [1.82, 2.24) is 24.6 Å². The third-order valence-electron chi connectivity index (χ3n) is 8.13. The van der Waals surface area contributed by atoms with Gasteiger partial charge in [-0.05, 0) is 68.5 Å². The Morgan fingerprint density at radius 3 is 2.78 bits per heavy atom. The van der Waals surface area contributed by atoms with Gasteiger partial charge in [-0.25, -0.2) is 0 Å². The number of amides is 1. The molecule has 0 N–H and O–H groups in total. The van der Waals surface area contributed by atoms with Crippen LogP contribution in [0, 0.1) is 0 Å². The van der Waals surface area contributed by atoms with Gasteiger partial charge in [0.05, 0.1) is 18.7 Å². The first-order valence-electron chi connectivity index (χ1n) is 13.4. The molecule has 1 amide bonds. The van der Waals surface area contributed by atoms with Gasteiger partial charge in [-0.2, -0.15) is 0 Å². The summed E-state index contributed by atoms with van der Waals surface area (Å²) in [7, 11) is 0. The van der Waals surface area contributed by atoms with Gasteiger partial charge in [0.15, 0.2) is 5.82 Å². The average Bonchev–Trinajstić information content (AvgIpc) is 3.43. The number of carbonyl (C=O) groups is 1. The van der Waals surface area contributed by atoms with Crippen LogP contribution < -0.4 is 4.74 Å². The molecule has 7 nitrogen and oxygen atoms in total. The first-order chi connectivity index (χ1) is 17.6. The maximum atomic E-state index is 11.9. The lowest BCUT2D eigenvalue weighted by Gasteiger charge is -2.32. The molecule has 3 aliphatic heterocycles. The monoisotopic (exact) mass is 505 g/mol. The molecule has 1 fully saturated rings. The van der Waals surface area contributed by atoms with Crippen molar-refractivity contribution in [3.05, 3.63) is 51.0 Å². The third kappa shape index (κ3) is 4.34. The maximum absolute atomic E-state index is 11.9. The highest BCUT2D eigenvalue weighted by molar-refractivity contribution is 7.12. The fraction of sp³-hybridized carbons (Fsp3) is 0.536. The standard InChI is InChI=1S/C28H35N5O2S/c1-3-25-21(22-11-15-32(19(2)34)18-26(22)36-25)10-14-31-12-8-20(9-13-31)27-29-30-28-23-6-4-5-7-24(23)35-17-16-33(27)28/h4-7,20H,3,8-18H2,1-2H3. The zero-order valence-corrected chi connectivity index (χ0v) is 22.1. The number of rotatable bonds is 5. The molecule has 3 aromatic rings. The number of carbonyl (C=O) groups excluding carboxylic acids is 1. The molecule has 1 aromatic carbocycles. The molecule has 2 aromatic heterocycles. The van der Waals surface area contributed by atoms with Gasteiger partial charge in [0.25, 0.3) is 0 Å². The highest BCUT2D eigenvalue weighted by Crippen LogP contribution is 2.36. The summed E-state index contributed by atoms with van der Waals surface area (Å²) in [6.45, 7) is 10.4. The molecule has 0 radical (unpaired) electrons. The molecule has 0 atom stereocenters. The van der Waals surface area contributed by atoms with E-state index < -0.39 is 0 Å². The minimum atomic E-state index is 0.192. The van der Waals surface area contributed by atoms with Crippen LogP contribution in [0.25, 0.3) is 11.4 Å². The van der Waals surface area contributed by atoms with E-state index in [2.05, 4.69) is 32.7 Å². The Hall–Kier alpha value is -2.71. The van der Waals surface area contributed by atoms with Gasteiger partial charge in [0.1, 0.15) is 18.2 Å². The summed E-state index contributed by atoms with van der Waals surface area (Å²) in [5.74, 6) is 3.61. The van der Waals surface area contributed by atoms with E-state index in [4.69, 9.17) is 4.74 Å². The lowest BCUT2D eigenvalue weighted by atomic mass is 9.94. The third-order valence-corrected chi connectivity index (χ3v) is 9.53. The second-order valence-electron chi connectivity index (χ2n) is 10.2. The average molecular weight is 506 g/mol. The van der Waals surface area contributed by atoms with Crippen LogP contribution in [0.1, 0.15) is 59.3 Å². The molecule has 0 saturated carbocycles. The van der Waals surface area contributed by atoms with Crippen molar-refractivity contribution in [3.8, 4) is 17.1 Å². The number of thiophene rings is 1. The van der Waals surface area contributed by atoms with Crippen molar-refractivity contribution in [1.29, 1.82) is 0 Å². The number of para-hydroxylation sites is 1. The molecule has 5 heterocycles. The number of nitrogens with zero attached hydrogens (tertiary/aromatic N) is 5. The van der Waals surface area contributed by atoms with E-state index in [0.29, 0.717) is 12.5 Å². The summed E-state index contributed by atoms with van der Waals surface area (Å²) < 4.78 is 8.27. The van der Waals surface area contributed by atoms with Crippen LogP contribution in [0.2, 0.25) is 0 Å². The number of likely N-dealkylation sites (tertiary alicyclic amines) is 1. The summed E-state index contributed by atoms with van der Waals surface area (Å²) >= 11 is 1.94. The smallest absolute Gasteiger partial charge is 0.219 e. The lowest BCUT2D eigenvalue weighted by molar-refractivity contribution is -0.129. The second kappa shape index (κ2) is 9.98.